The SMILES string of the molecule is Cl.NS(=O)(=O)CC1CCCCN1. The summed E-state index contributed by atoms with van der Waals surface area (Å²) in [5.74, 6) is 0.0764. The van der Waals surface area contributed by atoms with Crippen LogP contribution in [0.15, 0.2) is 0 Å². The third kappa shape index (κ3) is 4.92. The molecule has 3 N–H and O–H groups in total. The molecule has 1 saturated heterocycles. The molecule has 0 saturated carbocycles. The Balaban J connectivity index is 0.00000121. The number of primary sulfonamides is 1. The van der Waals surface area contributed by atoms with Gasteiger partial charge >= 0.3 is 0 Å². The summed E-state index contributed by atoms with van der Waals surface area (Å²) in [6.07, 6.45) is 3.17. The molecule has 0 aromatic carbocycles. The Morgan fingerprint density at radius 1 is 1.42 bits per heavy atom. The van der Waals surface area contributed by atoms with E-state index in [1.54, 1.807) is 0 Å². The van der Waals surface area contributed by atoms with Gasteiger partial charge in [-0.15, -0.1) is 12.4 Å². The molecule has 0 aromatic rings. The van der Waals surface area contributed by atoms with Crippen LogP contribution in [0.3, 0.4) is 0 Å². The highest BCUT2D eigenvalue weighted by Crippen LogP contribution is 2.07. The first kappa shape index (κ1) is 12.2. The molecule has 1 aliphatic rings. The van der Waals surface area contributed by atoms with E-state index in [1.807, 2.05) is 0 Å². The van der Waals surface area contributed by atoms with Gasteiger partial charge in [0.2, 0.25) is 10.0 Å². The van der Waals surface area contributed by atoms with Gasteiger partial charge in [0.1, 0.15) is 0 Å². The van der Waals surface area contributed by atoms with Crippen LogP contribution in [0, 0.1) is 0 Å². The third-order valence-corrected chi connectivity index (χ3v) is 2.71. The minimum atomic E-state index is -3.29. The van der Waals surface area contributed by atoms with Crippen molar-refractivity contribution in [3.8, 4) is 0 Å². The first-order valence-corrected chi connectivity index (χ1v) is 5.53. The van der Waals surface area contributed by atoms with Gasteiger partial charge in [0.15, 0.2) is 0 Å². The van der Waals surface area contributed by atoms with Crippen LogP contribution < -0.4 is 10.5 Å². The summed E-state index contributed by atoms with van der Waals surface area (Å²) in [4.78, 5) is 0. The number of hydrogen-bond acceptors (Lipinski definition) is 3. The molecule has 4 nitrogen and oxygen atoms in total. The predicted molar refractivity (Wildman–Crippen MR) is 50.9 cm³/mol. The molecule has 0 amide bonds. The zero-order chi connectivity index (χ0) is 8.32. The molecule has 6 heteroatoms. The number of hydrogen-bond donors (Lipinski definition) is 2. The van der Waals surface area contributed by atoms with E-state index in [1.165, 1.54) is 0 Å². The second-order valence-corrected chi connectivity index (χ2v) is 4.64. The lowest BCUT2D eigenvalue weighted by molar-refractivity contribution is 0.423. The summed E-state index contributed by atoms with van der Waals surface area (Å²) < 4.78 is 21.3. The van der Waals surface area contributed by atoms with Gasteiger partial charge in [0.25, 0.3) is 0 Å². The van der Waals surface area contributed by atoms with Gasteiger partial charge in [-0.1, -0.05) is 6.42 Å². The Hall–Kier alpha value is 0.160. The molecule has 12 heavy (non-hydrogen) atoms. The van der Waals surface area contributed by atoms with Crippen LogP contribution in [0.25, 0.3) is 0 Å². The topological polar surface area (TPSA) is 72.2 Å². The summed E-state index contributed by atoms with van der Waals surface area (Å²) in [7, 11) is -3.29. The molecule has 0 bridgehead atoms. The van der Waals surface area contributed by atoms with E-state index in [2.05, 4.69) is 5.32 Å². The largest absolute Gasteiger partial charge is 0.313 e. The second-order valence-electron chi connectivity index (χ2n) is 2.98. The van der Waals surface area contributed by atoms with E-state index < -0.39 is 10.0 Å². The summed E-state index contributed by atoms with van der Waals surface area (Å²) in [6, 6.07) is 0.0822. The summed E-state index contributed by atoms with van der Waals surface area (Å²) in [6.45, 7) is 0.917. The van der Waals surface area contributed by atoms with E-state index in [9.17, 15) is 8.42 Å². The van der Waals surface area contributed by atoms with Gasteiger partial charge in [0.05, 0.1) is 5.75 Å². The molecule has 1 unspecified atom stereocenters. The van der Waals surface area contributed by atoms with Crippen molar-refractivity contribution in [1.82, 2.24) is 5.32 Å². The molecule has 1 fully saturated rings. The Morgan fingerprint density at radius 3 is 2.50 bits per heavy atom. The molecule has 1 rings (SSSR count). The van der Waals surface area contributed by atoms with Crippen molar-refractivity contribution in [3.63, 3.8) is 0 Å². The quantitative estimate of drug-likeness (QED) is 0.671. The zero-order valence-corrected chi connectivity index (χ0v) is 8.46. The lowest BCUT2D eigenvalue weighted by atomic mass is 10.1. The highest BCUT2D eigenvalue weighted by molar-refractivity contribution is 7.89. The van der Waals surface area contributed by atoms with Crippen LogP contribution in [0.1, 0.15) is 19.3 Å². The van der Waals surface area contributed by atoms with Crippen LogP contribution in [0.2, 0.25) is 0 Å². The first-order chi connectivity index (χ1) is 5.08. The van der Waals surface area contributed by atoms with Crippen LogP contribution in [0.5, 0.6) is 0 Å². The average Bonchev–Trinajstić information content (AvgIpc) is 1.85. The third-order valence-electron chi connectivity index (χ3n) is 1.85. The fraction of sp³-hybridized carbons (Fsp3) is 1.00. The zero-order valence-electron chi connectivity index (χ0n) is 6.82. The second kappa shape index (κ2) is 5.01. The fourth-order valence-corrected chi connectivity index (χ4v) is 2.19. The van der Waals surface area contributed by atoms with Gasteiger partial charge in [-0.25, -0.2) is 13.6 Å². The van der Waals surface area contributed by atoms with Gasteiger partial charge in [-0.2, -0.15) is 0 Å². The van der Waals surface area contributed by atoms with Crippen molar-refractivity contribution in [3.05, 3.63) is 0 Å². The van der Waals surface area contributed by atoms with Crippen molar-refractivity contribution < 1.29 is 8.42 Å². The minimum Gasteiger partial charge on any atom is -0.313 e. The number of piperidine rings is 1. The normalized spacial score (nSPS) is 24.6. The summed E-state index contributed by atoms with van der Waals surface area (Å²) in [5, 5.41) is 8.01. The molecule has 1 aliphatic heterocycles. The number of nitrogens with one attached hydrogen (secondary N) is 1. The smallest absolute Gasteiger partial charge is 0.210 e. The van der Waals surface area contributed by atoms with Crippen molar-refractivity contribution in [1.29, 1.82) is 0 Å². The molecular formula is C6H15ClN2O2S. The Kier molecular flexibility index (Phi) is 5.08. The lowest BCUT2D eigenvalue weighted by Gasteiger charge is -2.21. The Morgan fingerprint density at radius 2 is 2.08 bits per heavy atom. The Labute approximate surface area is 79.4 Å². The fourth-order valence-electron chi connectivity index (χ4n) is 1.35. The number of rotatable bonds is 2. The van der Waals surface area contributed by atoms with Crippen LogP contribution in [-0.4, -0.2) is 26.8 Å². The average molecular weight is 215 g/mol. The van der Waals surface area contributed by atoms with Gasteiger partial charge in [-0.3, -0.25) is 0 Å². The van der Waals surface area contributed by atoms with Crippen molar-refractivity contribution >= 4 is 22.4 Å². The lowest BCUT2D eigenvalue weighted by Crippen LogP contribution is -2.41. The van der Waals surface area contributed by atoms with E-state index in [4.69, 9.17) is 5.14 Å². The standard InChI is InChI=1S/C6H14N2O2S.ClH/c7-11(9,10)5-6-3-1-2-4-8-6;/h6,8H,1-5H2,(H2,7,9,10);1H. The summed E-state index contributed by atoms with van der Waals surface area (Å²) in [5.41, 5.74) is 0. The molecule has 0 radical (unpaired) electrons. The van der Waals surface area contributed by atoms with Crippen molar-refractivity contribution in [2.45, 2.75) is 25.3 Å². The molecule has 1 atom stereocenters. The maximum absolute atomic E-state index is 10.6. The number of sulfonamides is 1. The van der Waals surface area contributed by atoms with Gasteiger partial charge in [-0.05, 0) is 19.4 Å². The van der Waals surface area contributed by atoms with E-state index >= 15 is 0 Å². The molecule has 1 heterocycles. The minimum absolute atomic E-state index is 0. The highest BCUT2D eigenvalue weighted by Gasteiger charge is 2.17. The van der Waals surface area contributed by atoms with Crippen LogP contribution >= 0.6 is 12.4 Å². The van der Waals surface area contributed by atoms with Gasteiger partial charge in [0, 0.05) is 6.04 Å². The predicted octanol–water partition coefficient (Wildman–Crippen LogP) is -0.161. The van der Waals surface area contributed by atoms with Crippen LogP contribution in [0.4, 0.5) is 0 Å². The van der Waals surface area contributed by atoms with Gasteiger partial charge < -0.3 is 5.32 Å². The monoisotopic (exact) mass is 214 g/mol. The molecular weight excluding hydrogens is 200 g/mol. The van der Waals surface area contributed by atoms with E-state index in [-0.39, 0.29) is 24.2 Å². The number of halogens is 1. The highest BCUT2D eigenvalue weighted by atomic mass is 35.5. The van der Waals surface area contributed by atoms with Crippen LogP contribution in [-0.2, 0) is 10.0 Å². The molecule has 0 aromatic heterocycles. The van der Waals surface area contributed by atoms with E-state index in [0.717, 1.165) is 25.8 Å². The first-order valence-electron chi connectivity index (χ1n) is 3.82. The molecule has 0 aliphatic carbocycles. The van der Waals surface area contributed by atoms with Crippen molar-refractivity contribution in [2.24, 2.45) is 5.14 Å². The molecule has 74 valence electrons. The molecule has 0 spiro atoms. The number of nitrogens with two attached hydrogens (primary N) is 1. The Bertz CT molecular complexity index is 212. The van der Waals surface area contributed by atoms with E-state index in [0.29, 0.717) is 0 Å². The summed E-state index contributed by atoms with van der Waals surface area (Å²) >= 11 is 0. The maximum Gasteiger partial charge on any atom is 0.210 e. The maximum atomic E-state index is 10.6. The van der Waals surface area contributed by atoms with Crippen molar-refractivity contribution in [2.75, 3.05) is 12.3 Å².